The van der Waals surface area contributed by atoms with Crippen LogP contribution in [0.1, 0.15) is 106 Å². The minimum Gasteiger partial charge on any atom is -0.459 e. The Morgan fingerprint density at radius 1 is 0.763 bits per heavy atom. The Hall–Kier alpha value is -1.80. The van der Waals surface area contributed by atoms with E-state index in [1.54, 1.807) is 13.8 Å². The summed E-state index contributed by atoms with van der Waals surface area (Å²) in [5.74, 6) is -1.31. The van der Waals surface area contributed by atoms with Crippen LogP contribution in [-0.4, -0.2) is 147 Å². The second-order valence-corrected chi connectivity index (χ2v) is 19.6. The van der Waals surface area contributed by atoms with Crippen molar-refractivity contribution in [3.05, 3.63) is 11.6 Å². The van der Waals surface area contributed by atoms with Gasteiger partial charge in [-0.2, -0.15) is 0 Å². The van der Waals surface area contributed by atoms with Crippen LogP contribution in [0.4, 0.5) is 0 Å². The van der Waals surface area contributed by atoms with Crippen molar-refractivity contribution in [1.29, 1.82) is 0 Å². The average Bonchev–Trinajstić information content (AvgIpc) is 3.67. The SMILES string of the molecule is CC(=O)O[C@H]1C[C@H](O[C@H]2[C@@H](O)C[C@H](O[C@H]3[C@@H](O)C[C@H](O[C@H]4CC[C@@]5(C)[C@H](CC[C@@H]6[C@@H]5C[C@@H](O)[C@]5(C)[C@@H](C7=CC(=O)OC7)[C@@H](O)C[C@]65O)C4)O[C@@H]3C)O[C@@H]2C)O[C@H](C)[C@H]1O. The molecule has 16 heteroatoms. The predicted molar refractivity (Wildman–Crippen MR) is 204 cm³/mol. The van der Waals surface area contributed by atoms with Crippen molar-refractivity contribution in [2.45, 2.75) is 203 Å². The van der Waals surface area contributed by atoms with E-state index in [9.17, 15) is 40.2 Å². The number of aliphatic hydroxyl groups excluding tert-OH is 5. The van der Waals surface area contributed by atoms with Gasteiger partial charge in [-0.1, -0.05) is 13.8 Å². The number of cyclic esters (lactones) is 1. The van der Waals surface area contributed by atoms with Gasteiger partial charge in [0.1, 0.15) is 31.0 Å². The molecule has 0 amide bonds. The third kappa shape index (κ3) is 7.72. The summed E-state index contributed by atoms with van der Waals surface area (Å²) in [5.41, 5.74) is -1.82. The molecule has 0 aromatic carbocycles. The van der Waals surface area contributed by atoms with Crippen molar-refractivity contribution in [3.8, 4) is 0 Å². The Morgan fingerprint density at radius 2 is 1.37 bits per heavy atom. The molecule has 4 saturated carbocycles. The number of rotatable bonds is 8. The lowest BCUT2D eigenvalue weighted by molar-refractivity contribution is -0.336. The van der Waals surface area contributed by atoms with Crippen molar-refractivity contribution in [2.75, 3.05) is 6.61 Å². The summed E-state index contributed by atoms with van der Waals surface area (Å²) in [6.45, 7) is 10.7. The summed E-state index contributed by atoms with van der Waals surface area (Å²) in [6.07, 6.45) is -4.83. The van der Waals surface area contributed by atoms with E-state index in [4.69, 9.17) is 37.9 Å². The summed E-state index contributed by atoms with van der Waals surface area (Å²) < 4.78 is 47.5. The monoisotopic (exact) mass is 838 g/mol. The maximum atomic E-state index is 12.6. The summed E-state index contributed by atoms with van der Waals surface area (Å²) >= 11 is 0. The molecule has 22 atom stereocenters. The third-order valence-corrected chi connectivity index (χ3v) is 16.2. The number of esters is 2. The van der Waals surface area contributed by atoms with E-state index in [0.717, 1.165) is 32.1 Å². The number of hydrogen-bond donors (Lipinski definition) is 6. The summed E-state index contributed by atoms with van der Waals surface area (Å²) in [7, 11) is 0. The van der Waals surface area contributed by atoms with E-state index in [-0.39, 0.29) is 61.6 Å². The zero-order valence-electron chi connectivity index (χ0n) is 35.1. The van der Waals surface area contributed by atoms with Gasteiger partial charge >= 0.3 is 11.9 Å². The van der Waals surface area contributed by atoms with Gasteiger partial charge in [-0.3, -0.25) is 4.79 Å². The molecule has 0 unspecified atom stereocenters. The van der Waals surface area contributed by atoms with Crippen LogP contribution in [0.15, 0.2) is 11.6 Å². The molecule has 0 spiro atoms. The number of carbonyl (C=O) groups excluding carboxylic acids is 2. The Labute approximate surface area is 345 Å². The first-order valence-electron chi connectivity index (χ1n) is 21.9. The topological polar surface area (TPSA) is 229 Å². The van der Waals surface area contributed by atoms with E-state index < -0.39 is 115 Å². The van der Waals surface area contributed by atoms with E-state index in [2.05, 4.69) is 6.92 Å². The molecule has 3 saturated heterocycles. The molecular weight excluding hydrogens is 772 g/mol. The van der Waals surface area contributed by atoms with Gasteiger partial charge in [-0.25, -0.2) is 4.79 Å². The lowest BCUT2D eigenvalue weighted by Crippen LogP contribution is -2.67. The van der Waals surface area contributed by atoms with Crippen LogP contribution in [0.2, 0.25) is 0 Å². The molecule has 8 aliphatic rings. The molecule has 4 aliphatic heterocycles. The first-order valence-corrected chi connectivity index (χ1v) is 21.9. The Morgan fingerprint density at radius 3 is 1.97 bits per heavy atom. The fourth-order valence-electron chi connectivity index (χ4n) is 13.1. The number of hydrogen-bond acceptors (Lipinski definition) is 16. The minimum atomic E-state index is -1.30. The highest BCUT2D eigenvalue weighted by molar-refractivity contribution is 5.85. The van der Waals surface area contributed by atoms with E-state index in [1.807, 2.05) is 13.8 Å². The molecule has 0 bridgehead atoms. The lowest BCUT2D eigenvalue weighted by atomic mass is 9.42. The van der Waals surface area contributed by atoms with Gasteiger partial charge in [-0.05, 0) is 88.0 Å². The molecule has 0 radical (unpaired) electrons. The van der Waals surface area contributed by atoms with Crippen LogP contribution in [0, 0.1) is 34.5 Å². The maximum Gasteiger partial charge on any atom is 0.331 e. The highest BCUT2D eigenvalue weighted by atomic mass is 16.7. The van der Waals surface area contributed by atoms with E-state index >= 15 is 0 Å². The van der Waals surface area contributed by atoms with Gasteiger partial charge in [0.15, 0.2) is 18.9 Å². The summed E-state index contributed by atoms with van der Waals surface area (Å²) in [4.78, 5) is 23.5. The molecule has 4 aliphatic carbocycles. The van der Waals surface area contributed by atoms with Crippen LogP contribution < -0.4 is 0 Å². The van der Waals surface area contributed by atoms with Crippen molar-refractivity contribution >= 4 is 11.9 Å². The Bertz CT molecular complexity index is 1570. The molecule has 59 heavy (non-hydrogen) atoms. The highest BCUT2D eigenvalue weighted by Crippen LogP contribution is 2.70. The summed E-state index contributed by atoms with van der Waals surface area (Å²) in [5, 5.41) is 68.7. The maximum absolute atomic E-state index is 12.6. The third-order valence-electron chi connectivity index (χ3n) is 16.2. The Balaban J connectivity index is 0.836. The predicted octanol–water partition coefficient (Wildman–Crippen LogP) is 1.76. The smallest absolute Gasteiger partial charge is 0.331 e. The van der Waals surface area contributed by atoms with Crippen molar-refractivity contribution in [2.24, 2.45) is 34.5 Å². The van der Waals surface area contributed by atoms with Crippen LogP contribution in [0.3, 0.4) is 0 Å². The number of fused-ring (bicyclic) bond motifs is 5. The van der Waals surface area contributed by atoms with Crippen molar-refractivity contribution in [3.63, 3.8) is 0 Å². The van der Waals surface area contributed by atoms with Gasteiger partial charge < -0.3 is 68.5 Å². The number of aliphatic hydroxyl groups is 6. The molecule has 7 fully saturated rings. The first-order chi connectivity index (χ1) is 27.8. The van der Waals surface area contributed by atoms with Gasteiger partial charge in [0.2, 0.25) is 0 Å². The second-order valence-electron chi connectivity index (χ2n) is 19.6. The summed E-state index contributed by atoms with van der Waals surface area (Å²) in [6, 6.07) is 0. The molecule has 0 aromatic rings. The molecule has 334 valence electrons. The van der Waals surface area contributed by atoms with Crippen LogP contribution in [-0.2, 0) is 47.5 Å². The van der Waals surface area contributed by atoms with Gasteiger partial charge in [0.25, 0.3) is 0 Å². The number of ether oxygens (including phenoxy) is 8. The Kier molecular flexibility index (Phi) is 12.2. The van der Waals surface area contributed by atoms with Gasteiger partial charge in [0.05, 0.1) is 54.4 Å². The molecule has 16 nitrogen and oxygen atoms in total. The second kappa shape index (κ2) is 16.4. The quantitative estimate of drug-likeness (QED) is 0.151. The zero-order valence-corrected chi connectivity index (χ0v) is 35.1. The molecule has 0 aromatic heterocycles. The fraction of sp³-hybridized carbons (Fsp3) is 0.907. The van der Waals surface area contributed by atoms with Crippen molar-refractivity contribution < 1.29 is 78.1 Å². The van der Waals surface area contributed by atoms with Crippen LogP contribution in [0.25, 0.3) is 0 Å². The number of carbonyl (C=O) groups is 2. The average molecular weight is 839 g/mol. The molecule has 6 N–H and O–H groups in total. The standard InChI is InChI=1S/C43H66O16/c1-19-38(50)31(56-22(4)44)16-36(53-19)59-40-21(3)55-35(15-29(40)46)58-39-20(2)54-34(14-28(39)45)57-25-9-10-41(5)24(12-25)7-8-26-27(41)13-32(48)42(6)37(23-11-33(49)52-18-23)30(47)17-43(26,42)51/h11,19-21,24-32,34-40,45-48,50-51H,7-10,12-18H2,1-6H3/t19-,20-,21-,24-,25+,26-,27+,28+,29+,30+,31+,32-,34+,35+,36+,37+,38-,39-,40-,41+,42-,43+/m1/s1. The lowest BCUT2D eigenvalue weighted by Gasteiger charge is -2.65. The van der Waals surface area contributed by atoms with E-state index in [1.165, 1.54) is 13.0 Å². The fourth-order valence-corrected chi connectivity index (χ4v) is 13.1. The largest absolute Gasteiger partial charge is 0.459 e. The first kappa shape index (κ1) is 43.8. The molecular formula is C43H66O16. The highest BCUT2D eigenvalue weighted by Gasteiger charge is 2.73. The van der Waals surface area contributed by atoms with Crippen molar-refractivity contribution in [1.82, 2.24) is 0 Å². The normalized spacial score (nSPS) is 53.7. The van der Waals surface area contributed by atoms with Gasteiger partial charge in [-0.15, -0.1) is 0 Å². The van der Waals surface area contributed by atoms with Crippen LogP contribution in [0.5, 0.6) is 0 Å². The van der Waals surface area contributed by atoms with Gasteiger partial charge in [0, 0.05) is 50.0 Å². The molecule has 8 rings (SSSR count). The van der Waals surface area contributed by atoms with Crippen LogP contribution >= 0.6 is 0 Å². The minimum absolute atomic E-state index is 0.0467. The molecule has 4 heterocycles. The van der Waals surface area contributed by atoms with E-state index in [0.29, 0.717) is 12.0 Å². The zero-order chi connectivity index (χ0) is 42.3.